The molecule has 4 nitrogen and oxygen atoms in total. The molecule has 4 rings (SSSR count). The lowest BCUT2D eigenvalue weighted by molar-refractivity contribution is -0.167. The standard InChI is InChI=1S/C29H20F3N2O2P/c30-29(31,32)28(36)34-25-19-11-10-18-24(25)27(35)26(20-33)37(21-12-4-1-5-13-21,22-14-6-2-7-15-22)23-16-8-3-9-17-23/h1-19H,(H,34,36). The van der Waals surface area contributed by atoms with Crippen LogP contribution in [0.3, 0.4) is 0 Å². The summed E-state index contributed by atoms with van der Waals surface area (Å²) in [7, 11) is 0. The molecule has 0 saturated carbocycles. The number of benzene rings is 4. The number of carbonyl (C=O) groups excluding carboxylic acids is 2. The minimum Gasteiger partial charge on any atom is -0.318 e. The molecule has 0 spiro atoms. The highest BCUT2D eigenvalue weighted by Gasteiger charge is 2.40. The molecule has 0 radical (unpaired) electrons. The van der Waals surface area contributed by atoms with E-state index in [0.717, 1.165) is 15.9 Å². The highest BCUT2D eigenvalue weighted by atomic mass is 31.2. The number of carbonyl (C=O) groups is 2. The minimum absolute atomic E-state index is 0.121. The Bertz CT molecular complexity index is 1430. The number of alkyl halides is 3. The van der Waals surface area contributed by atoms with Crippen molar-refractivity contribution in [1.29, 1.82) is 5.26 Å². The fourth-order valence-electron chi connectivity index (χ4n) is 4.18. The molecule has 0 atom stereocenters. The van der Waals surface area contributed by atoms with Crippen LogP contribution in [-0.2, 0) is 4.79 Å². The van der Waals surface area contributed by atoms with E-state index >= 15 is 0 Å². The van der Waals surface area contributed by atoms with Gasteiger partial charge in [0.15, 0.2) is 0 Å². The topological polar surface area (TPSA) is 70.0 Å². The number of Topliss-reactive ketones (excluding diaryl/α,β-unsaturated/α-hetero) is 1. The predicted molar refractivity (Wildman–Crippen MR) is 141 cm³/mol. The second kappa shape index (κ2) is 10.7. The Morgan fingerprint density at radius 1 is 0.676 bits per heavy atom. The van der Waals surface area contributed by atoms with E-state index in [0.29, 0.717) is 0 Å². The molecule has 0 aliphatic heterocycles. The number of nitriles is 1. The second-order valence-corrected chi connectivity index (χ2v) is 11.3. The summed E-state index contributed by atoms with van der Waals surface area (Å²) in [6, 6.07) is 34.9. The van der Waals surface area contributed by atoms with Crippen LogP contribution in [0.4, 0.5) is 18.9 Å². The van der Waals surface area contributed by atoms with Crippen molar-refractivity contribution in [2.45, 2.75) is 6.18 Å². The Balaban J connectivity index is 2.10. The van der Waals surface area contributed by atoms with Crippen molar-refractivity contribution >= 4 is 45.5 Å². The van der Waals surface area contributed by atoms with E-state index in [1.807, 2.05) is 91.0 Å². The Morgan fingerprint density at radius 2 is 1.08 bits per heavy atom. The van der Waals surface area contributed by atoms with Gasteiger partial charge in [0, 0.05) is 5.56 Å². The van der Waals surface area contributed by atoms with Gasteiger partial charge in [0.2, 0.25) is 5.78 Å². The third-order valence-corrected chi connectivity index (χ3v) is 9.96. The molecule has 184 valence electrons. The van der Waals surface area contributed by atoms with Crippen molar-refractivity contribution in [3.05, 3.63) is 121 Å². The first kappa shape index (κ1) is 25.7. The summed E-state index contributed by atoms with van der Waals surface area (Å²) in [6.07, 6.45) is -5.15. The first-order chi connectivity index (χ1) is 17.8. The zero-order valence-corrected chi connectivity index (χ0v) is 20.2. The van der Waals surface area contributed by atoms with Crippen LogP contribution < -0.4 is 21.2 Å². The normalized spacial score (nSPS) is 11.3. The molecular formula is C29H20F3N2O2P. The number of hydrogen-bond donors (Lipinski definition) is 1. The van der Waals surface area contributed by atoms with Crippen LogP contribution in [0, 0.1) is 11.3 Å². The number of ketones is 1. The molecule has 4 aromatic rings. The Labute approximate surface area is 212 Å². The van der Waals surface area contributed by atoms with Crippen LogP contribution in [0.5, 0.6) is 0 Å². The first-order valence-electron chi connectivity index (χ1n) is 11.2. The highest BCUT2D eigenvalue weighted by molar-refractivity contribution is 7.97. The third kappa shape index (κ3) is 4.97. The number of anilines is 1. The lowest BCUT2D eigenvalue weighted by Crippen LogP contribution is -2.34. The summed E-state index contributed by atoms with van der Waals surface area (Å²) >= 11 is 0. The van der Waals surface area contributed by atoms with Gasteiger partial charge in [-0.1, -0.05) is 103 Å². The van der Waals surface area contributed by atoms with E-state index in [-0.39, 0.29) is 16.5 Å². The number of para-hydroxylation sites is 1. The fourth-order valence-corrected chi connectivity index (χ4v) is 8.28. The van der Waals surface area contributed by atoms with Gasteiger partial charge in [0.25, 0.3) is 0 Å². The van der Waals surface area contributed by atoms with Gasteiger partial charge in [0.05, 0.1) is 5.69 Å². The molecule has 0 saturated heterocycles. The number of halogens is 3. The molecule has 8 heteroatoms. The number of nitrogens with zero attached hydrogens (tertiary/aromatic N) is 1. The number of nitrogens with one attached hydrogen (secondary N) is 1. The van der Waals surface area contributed by atoms with Gasteiger partial charge in [0.1, 0.15) is 11.4 Å². The van der Waals surface area contributed by atoms with Crippen LogP contribution in [0.25, 0.3) is 0 Å². The molecule has 4 aromatic carbocycles. The fraction of sp³-hybridized carbons (Fsp3) is 0.0345. The van der Waals surface area contributed by atoms with E-state index < -0.39 is 24.8 Å². The Morgan fingerprint density at radius 3 is 1.49 bits per heavy atom. The quantitative estimate of drug-likeness (QED) is 0.288. The summed E-state index contributed by atoms with van der Waals surface area (Å²) in [4.78, 5) is 25.8. The van der Waals surface area contributed by atoms with Crippen LogP contribution in [0.2, 0.25) is 0 Å². The lowest BCUT2D eigenvalue weighted by atomic mass is 10.1. The van der Waals surface area contributed by atoms with Crippen molar-refractivity contribution in [3.8, 4) is 6.07 Å². The average Bonchev–Trinajstić information content (AvgIpc) is 2.92. The van der Waals surface area contributed by atoms with Gasteiger partial charge >= 0.3 is 12.1 Å². The van der Waals surface area contributed by atoms with Gasteiger partial charge in [-0.15, -0.1) is 0 Å². The molecule has 1 amide bonds. The van der Waals surface area contributed by atoms with Crippen LogP contribution >= 0.6 is 6.89 Å². The molecule has 0 aromatic heterocycles. The van der Waals surface area contributed by atoms with E-state index in [1.54, 1.807) is 5.32 Å². The highest BCUT2D eigenvalue weighted by Crippen LogP contribution is 2.47. The van der Waals surface area contributed by atoms with Gasteiger partial charge in [-0.2, -0.15) is 18.4 Å². The zero-order chi connectivity index (χ0) is 26.5. The van der Waals surface area contributed by atoms with Crippen molar-refractivity contribution in [3.63, 3.8) is 0 Å². The molecule has 0 unspecified atom stereocenters. The van der Waals surface area contributed by atoms with Crippen molar-refractivity contribution in [2.75, 3.05) is 5.32 Å². The largest absolute Gasteiger partial charge is 0.471 e. The van der Waals surface area contributed by atoms with E-state index in [2.05, 4.69) is 6.07 Å². The molecule has 0 aliphatic carbocycles. The molecule has 1 N–H and O–H groups in total. The van der Waals surface area contributed by atoms with E-state index in [1.165, 1.54) is 24.3 Å². The van der Waals surface area contributed by atoms with Gasteiger partial charge in [-0.25, -0.2) is 0 Å². The Kier molecular flexibility index (Phi) is 7.42. The van der Waals surface area contributed by atoms with Gasteiger partial charge < -0.3 is 5.32 Å². The van der Waals surface area contributed by atoms with Gasteiger partial charge in [-0.05, 0) is 34.9 Å². The number of hydrogen-bond acceptors (Lipinski definition) is 3. The summed E-state index contributed by atoms with van der Waals surface area (Å²) < 4.78 is 39.0. The maximum atomic E-state index is 14.1. The summed E-state index contributed by atoms with van der Waals surface area (Å²) in [5.41, 5.74) is -0.529. The lowest BCUT2D eigenvalue weighted by Gasteiger charge is -2.30. The second-order valence-electron chi connectivity index (χ2n) is 7.96. The minimum atomic E-state index is -5.15. The predicted octanol–water partition coefficient (Wildman–Crippen LogP) is 5.06. The number of amides is 1. The van der Waals surface area contributed by atoms with Gasteiger partial charge in [-0.3, -0.25) is 9.59 Å². The maximum Gasteiger partial charge on any atom is 0.471 e. The summed E-state index contributed by atoms with van der Waals surface area (Å²) in [5, 5.41) is 14.4. The van der Waals surface area contributed by atoms with Crippen LogP contribution in [0.15, 0.2) is 115 Å². The summed E-state index contributed by atoms with van der Waals surface area (Å²) in [5.74, 6) is -2.97. The van der Waals surface area contributed by atoms with Crippen molar-refractivity contribution in [1.82, 2.24) is 0 Å². The van der Waals surface area contributed by atoms with Crippen molar-refractivity contribution < 1.29 is 22.8 Å². The monoisotopic (exact) mass is 516 g/mol. The van der Waals surface area contributed by atoms with Crippen LogP contribution in [-0.4, -0.2) is 23.2 Å². The average molecular weight is 516 g/mol. The zero-order valence-electron chi connectivity index (χ0n) is 19.3. The SMILES string of the molecule is N#CC(C(=O)c1ccccc1NC(=O)C(F)(F)F)=P(c1ccccc1)(c1ccccc1)c1ccccc1. The maximum absolute atomic E-state index is 14.1. The molecule has 0 heterocycles. The van der Waals surface area contributed by atoms with Crippen LogP contribution in [0.1, 0.15) is 10.4 Å². The molecule has 37 heavy (non-hydrogen) atoms. The molecule has 0 bridgehead atoms. The molecule has 0 fully saturated rings. The van der Waals surface area contributed by atoms with E-state index in [9.17, 15) is 28.0 Å². The Hall–Kier alpha value is -4.40. The molecule has 0 aliphatic rings. The third-order valence-electron chi connectivity index (χ3n) is 5.76. The smallest absolute Gasteiger partial charge is 0.318 e. The van der Waals surface area contributed by atoms with E-state index in [4.69, 9.17) is 0 Å². The molecular weight excluding hydrogens is 496 g/mol. The number of rotatable bonds is 6. The summed E-state index contributed by atoms with van der Waals surface area (Å²) in [6.45, 7) is -3.10. The van der Waals surface area contributed by atoms with Crippen molar-refractivity contribution in [2.24, 2.45) is 0 Å². The first-order valence-corrected chi connectivity index (χ1v) is 12.9.